The molecule has 0 saturated heterocycles. The average molecular weight is 361 g/mol. The fraction of sp³-hybridized carbons (Fsp3) is 0.111. The van der Waals surface area contributed by atoms with E-state index in [0.29, 0.717) is 26.4 Å². The van der Waals surface area contributed by atoms with E-state index in [4.69, 9.17) is 11.6 Å². The maximum atomic E-state index is 13.3. The maximum absolute atomic E-state index is 13.3. The summed E-state index contributed by atoms with van der Waals surface area (Å²) in [5.41, 5.74) is 4.41. The lowest BCUT2D eigenvalue weighted by molar-refractivity contribution is 0.0959. The number of carbonyl (C=O) groups excluding carboxylic acids is 1. The van der Waals surface area contributed by atoms with Gasteiger partial charge in [-0.05, 0) is 30.7 Å². The Balaban J connectivity index is 1.75. The van der Waals surface area contributed by atoms with Crippen LogP contribution in [0.4, 0.5) is 4.39 Å². The number of halogens is 2. The molecule has 0 aliphatic rings. The summed E-state index contributed by atoms with van der Waals surface area (Å²) in [6.45, 7) is 1.84. The lowest BCUT2D eigenvalue weighted by Gasteiger charge is -2.02. The van der Waals surface area contributed by atoms with Crippen LogP contribution in [0.1, 0.15) is 22.2 Å². The summed E-state index contributed by atoms with van der Waals surface area (Å²) in [6.07, 6.45) is 0.645. The van der Waals surface area contributed by atoms with Gasteiger partial charge in [-0.2, -0.15) is 5.10 Å². The van der Waals surface area contributed by atoms with Crippen LogP contribution >= 0.6 is 22.9 Å². The van der Waals surface area contributed by atoms with Gasteiger partial charge in [-0.15, -0.1) is 11.3 Å². The molecule has 0 fully saturated rings. The Labute approximate surface area is 147 Å². The normalized spacial score (nSPS) is 11.7. The van der Waals surface area contributed by atoms with E-state index in [0.717, 1.165) is 22.6 Å². The largest absolute Gasteiger partial charge is 0.283 e. The van der Waals surface area contributed by atoms with Gasteiger partial charge >= 0.3 is 0 Å². The SMILES string of the molecule is CC(Cc1ccccc1)=NNC(=O)c1sc2cc(F)ccc2c1Cl. The number of hydrazone groups is 1. The van der Waals surface area contributed by atoms with Crippen LogP contribution in [0.5, 0.6) is 0 Å². The van der Waals surface area contributed by atoms with Gasteiger partial charge in [0.05, 0.1) is 5.02 Å². The first-order chi connectivity index (χ1) is 11.5. The molecule has 3 aromatic rings. The molecule has 0 saturated carbocycles. The van der Waals surface area contributed by atoms with Crippen molar-refractivity contribution in [3.63, 3.8) is 0 Å². The van der Waals surface area contributed by atoms with Crippen LogP contribution in [0.3, 0.4) is 0 Å². The van der Waals surface area contributed by atoms with Crippen LogP contribution in [-0.4, -0.2) is 11.6 Å². The van der Waals surface area contributed by atoms with Gasteiger partial charge in [0.15, 0.2) is 0 Å². The quantitative estimate of drug-likeness (QED) is 0.514. The second kappa shape index (κ2) is 7.11. The molecule has 1 aromatic heterocycles. The van der Waals surface area contributed by atoms with E-state index in [-0.39, 0.29) is 5.82 Å². The van der Waals surface area contributed by atoms with Crippen molar-refractivity contribution in [2.24, 2.45) is 5.10 Å². The van der Waals surface area contributed by atoms with Crippen molar-refractivity contribution in [1.29, 1.82) is 0 Å². The summed E-state index contributed by atoms with van der Waals surface area (Å²) >= 11 is 7.38. The Morgan fingerprint density at radius 2 is 2.00 bits per heavy atom. The van der Waals surface area contributed by atoms with Gasteiger partial charge in [-0.1, -0.05) is 41.9 Å². The minimum Gasteiger partial charge on any atom is -0.266 e. The van der Waals surface area contributed by atoms with Crippen LogP contribution in [0, 0.1) is 5.82 Å². The number of hydrogen-bond acceptors (Lipinski definition) is 3. The monoisotopic (exact) mass is 360 g/mol. The van der Waals surface area contributed by atoms with Gasteiger partial charge in [0.2, 0.25) is 0 Å². The zero-order chi connectivity index (χ0) is 17.1. The standard InChI is InChI=1S/C18H14ClFN2OS/c1-11(9-12-5-3-2-4-6-12)21-22-18(23)17-16(19)14-8-7-13(20)10-15(14)24-17/h2-8,10H,9H2,1H3,(H,22,23). The molecule has 0 aliphatic heterocycles. The maximum Gasteiger partial charge on any atom is 0.283 e. The van der Waals surface area contributed by atoms with Crippen molar-refractivity contribution in [3.8, 4) is 0 Å². The molecule has 122 valence electrons. The molecule has 0 bridgehead atoms. The summed E-state index contributed by atoms with van der Waals surface area (Å²) in [5, 5.41) is 5.10. The highest BCUT2D eigenvalue weighted by atomic mass is 35.5. The third kappa shape index (κ3) is 3.63. The molecule has 0 radical (unpaired) electrons. The van der Waals surface area contributed by atoms with Gasteiger partial charge in [0, 0.05) is 22.2 Å². The van der Waals surface area contributed by atoms with Crippen molar-refractivity contribution in [1.82, 2.24) is 5.43 Å². The average Bonchev–Trinajstić information content (AvgIpc) is 2.90. The van der Waals surface area contributed by atoms with E-state index in [9.17, 15) is 9.18 Å². The predicted octanol–water partition coefficient (Wildman–Crippen LogP) is 5.04. The molecule has 2 aromatic carbocycles. The lowest BCUT2D eigenvalue weighted by atomic mass is 10.1. The Hall–Kier alpha value is -2.24. The Bertz CT molecular complexity index is 921. The van der Waals surface area contributed by atoms with Gasteiger partial charge in [0.1, 0.15) is 10.7 Å². The predicted molar refractivity (Wildman–Crippen MR) is 97.5 cm³/mol. The first-order valence-electron chi connectivity index (χ1n) is 7.29. The molecule has 1 heterocycles. The van der Waals surface area contributed by atoms with Gasteiger partial charge < -0.3 is 0 Å². The first kappa shape index (κ1) is 16.6. The molecular weight excluding hydrogens is 347 g/mol. The van der Waals surface area contributed by atoms with Crippen molar-refractivity contribution in [2.75, 3.05) is 0 Å². The van der Waals surface area contributed by atoms with E-state index >= 15 is 0 Å². The molecule has 1 N–H and O–H groups in total. The molecule has 3 rings (SSSR count). The number of benzene rings is 2. The molecule has 6 heteroatoms. The Kier molecular flexibility index (Phi) is 4.92. The second-order valence-corrected chi connectivity index (χ2v) is 6.77. The number of carbonyl (C=O) groups is 1. The third-order valence-corrected chi connectivity index (χ3v) is 5.10. The van der Waals surface area contributed by atoms with E-state index < -0.39 is 5.91 Å². The van der Waals surface area contributed by atoms with Crippen molar-refractivity contribution >= 4 is 44.6 Å². The second-order valence-electron chi connectivity index (χ2n) is 5.34. The van der Waals surface area contributed by atoms with Gasteiger partial charge in [-0.25, -0.2) is 9.82 Å². The van der Waals surface area contributed by atoms with Crippen molar-refractivity contribution in [3.05, 3.63) is 69.8 Å². The molecule has 0 spiro atoms. The third-order valence-electron chi connectivity index (χ3n) is 3.45. The number of nitrogens with one attached hydrogen (secondary N) is 1. The summed E-state index contributed by atoms with van der Waals surface area (Å²) < 4.78 is 13.9. The molecule has 0 atom stereocenters. The zero-order valence-electron chi connectivity index (χ0n) is 12.8. The topological polar surface area (TPSA) is 41.5 Å². The number of thiophene rings is 1. The van der Waals surface area contributed by atoms with E-state index in [1.54, 1.807) is 6.07 Å². The number of hydrogen-bond donors (Lipinski definition) is 1. The molecule has 0 aliphatic carbocycles. The highest BCUT2D eigenvalue weighted by Gasteiger charge is 2.17. The highest BCUT2D eigenvalue weighted by Crippen LogP contribution is 2.35. The van der Waals surface area contributed by atoms with E-state index in [1.807, 2.05) is 37.3 Å². The van der Waals surface area contributed by atoms with Gasteiger partial charge in [-0.3, -0.25) is 4.79 Å². The zero-order valence-corrected chi connectivity index (χ0v) is 14.4. The van der Waals surface area contributed by atoms with Crippen molar-refractivity contribution < 1.29 is 9.18 Å². The summed E-state index contributed by atoms with van der Waals surface area (Å²) in [4.78, 5) is 12.6. The number of fused-ring (bicyclic) bond motifs is 1. The first-order valence-corrected chi connectivity index (χ1v) is 8.49. The van der Waals surface area contributed by atoms with Crippen LogP contribution in [0.15, 0.2) is 53.6 Å². The Morgan fingerprint density at radius 3 is 2.75 bits per heavy atom. The van der Waals surface area contributed by atoms with Gasteiger partial charge in [0.25, 0.3) is 5.91 Å². The van der Waals surface area contributed by atoms with Crippen LogP contribution in [-0.2, 0) is 6.42 Å². The molecular formula is C18H14ClFN2OS. The smallest absolute Gasteiger partial charge is 0.266 e. The highest BCUT2D eigenvalue weighted by molar-refractivity contribution is 7.21. The summed E-state index contributed by atoms with van der Waals surface area (Å²) in [6, 6.07) is 14.1. The number of rotatable bonds is 4. The van der Waals surface area contributed by atoms with Crippen LogP contribution in [0.2, 0.25) is 5.02 Å². The number of amides is 1. The van der Waals surface area contributed by atoms with Crippen molar-refractivity contribution in [2.45, 2.75) is 13.3 Å². The fourth-order valence-corrected chi connectivity index (χ4v) is 3.74. The van der Waals surface area contributed by atoms with Crippen LogP contribution < -0.4 is 5.43 Å². The summed E-state index contributed by atoms with van der Waals surface area (Å²) in [7, 11) is 0. The van der Waals surface area contributed by atoms with E-state index in [2.05, 4.69) is 10.5 Å². The minimum absolute atomic E-state index is 0.323. The molecule has 3 nitrogen and oxygen atoms in total. The van der Waals surface area contributed by atoms with E-state index in [1.165, 1.54) is 12.1 Å². The molecule has 0 unspecified atom stereocenters. The molecule has 1 amide bonds. The fourth-order valence-electron chi connectivity index (χ4n) is 2.31. The number of nitrogens with zero attached hydrogens (tertiary/aromatic N) is 1. The molecule has 24 heavy (non-hydrogen) atoms. The van der Waals surface area contributed by atoms with Crippen LogP contribution in [0.25, 0.3) is 10.1 Å². The Morgan fingerprint density at radius 1 is 1.25 bits per heavy atom. The lowest BCUT2D eigenvalue weighted by Crippen LogP contribution is -2.18. The summed E-state index contributed by atoms with van der Waals surface area (Å²) in [5.74, 6) is -0.752. The minimum atomic E-state index is -0.394.